The van der Waals surface area contributed by atoms with Crippen molar-refractivity contribution in [2.75, 3.05) is 38.6 Å². The first-order valence-electron chi connectivity index (χ1n) is 6.44. The number of nitrogens with zero attached hydrogens (tertiary/aromatic N) is 5. The molecule has 1 saturated heterocycles. The van der Waals surface area contributed by atoms with E-state index in [1.165, 1.54) is 6.33 Å². The average Bonchev–Trinajstić information content (AvgIpc) is 2.84. The monoisotopic (exact) mass is 262 g/mol. The Morgan fingerprint density at radius 3 is 3.26 bits per heavy atom. The Kier molecular flexibility index (Phi) is 3.31. The number of aryl methyl sites for hydroxylation is 1. The highest BCUT2D eigenvalue weighted by molar-refractivity contribution is 5.44. The molecule has 0 unspecified atom stereocenters. The summed E-state index contributed by atoms with van der Waals surface area (Å²) < 4.78 is 7.44. The van der Waals surface area contributed by atoms with E-state index in [9.17, 15) is 0 Å². The predicted molar refractivity (Wildman–Crippen MR) is 71.2 cm³/mol. The zero-order chi connectivity index (χ0) is 13.2. The topological polar surface area (TPSA) is 67.6 Å². The summed E-state index contributed by atoms with van der Waals surface area (Å²) in [5, 5.41) is 7.54. The molecule has 1 aliphatic heterocycles. The number of hydrogen-bond donors (Lipinski definition) is 1. The van der Waals surface area contributed by atoms with Crippen molar-refractivity contribution in [3.8, 4) is 0 Å². The molecule has 1 fully saturated rings. The second kappa shape index (κ2) is 5.10. The summed E-state index contributed by atoms with van der Waals surface area (Å²) >= 11 is 0. The molecule has 2 aromatic rings. The van der Waals surface area contributed by atoms with E-state index in [2.05, 4.69) is 32.3 Å². The molecular formula is C12H18N6O. The van der Waals surface area contributed by atoms with Gasteiger partial charge in [0.1, 0.15) is 12.1 Å². The first-order chi connectivity index (χ1) is 9.22. The van der Waals surface area contributed by atoms with E-state index in [0.717, 1.165) is 37.8 Å². The van der Waals surface area contributed by atoms with Gasteiger partial charge in [-0.1, -0.05) is 0 Å². The molecule has 0 bridgehead atoms. The minimum absolute atomic E-state index is 0.200. The second-order valence-electron chi connectivity index (χ2n) is 4.89. The van der Waals surface area contributed by atoms with Gasteiger partial charge in [0, 0.05) is 31.4 Å². The molecule has 0 radical (unpaired) electrons. The molecule has 7 heteroatoms. The maximum absolute atomic E-state index is 5.73. The van der Waals surface area contributed by atoms with Crippen molar-refractivity contribution in [2.24, 2.45) is 0 Å². The molecular weight excluding hydrogens is 244 g/mol. The molecule has 19 heavy (non-hydrogen) atoms. The Balaban J connectivity index is 1.72. The maximum atomic E-state index is 5.73. The van der Waals surface area contributed by atoms with Gasteiger partial charge in [0.2, 0.25) is 0 Å². The van der Waals surface area contributed by atoms with Crippen LogP contribution in [0.3, 0.4) is 0 Å². The van der Waals surface area contributed by atoms with E-state index < -0.39 is 0 Å². The number of fused-ring (bicyclic) bond motifs is 1. The highest BCUT2D eigenvalue weighted by atomic mass is 16.5. The molecule has 0 saturated carbocycles. The van der Waals surface area contributed by atoms with Crippen molar-refractivity contribution < 1.29 is 4.74 Å². The molecule has 0 amide bonds. The van der Waals surface area contributed by atoms with Gasteiger partial charge in [-0.25, -0.2) is 4.98 Å². The summed E-state index contributed by atoms with van der Waals surface area (Å²) in [6.07, 6.45) is 1.71. The number of morpholine rings is 1. The van der Waals surface area contributed by atoms with Crippen LogP contribution < -0.4 is 5.32 Å². The Morgan fingerprint density at radius 1 is 1.53 bits per heavy atom. The fourth-order valence-electron chi connectivity index (χ4n) is 2.27. The third kappa shape index (κ3) is 2.66. The van der Waals surface area contributed by atoms with Gasteiger partial charge in [0.15, 0.2) is 0 Å². The smallest absolute Gasteiger partial charge is 0.254 e. The molecule has 0 spiro atoms. The van der Waals surface area contributed by atoms with Crippen LogP contribution in [0.5, 0.6) is 0 Å². The molecule has 1 atom stereocenters. The Labute approximate surface area is 111 Å². The number of rotatable bonds is 3. The van der Waals surface area contributed by atoms with Crippen LogP contribution >= 0.6 is 0 Å². The van der Waals surface area contributed by atoms with Crippen LogP contribution in [0.25, 0.3) is 5.78 Å². The fraction of sp³-hybridized carbons (Fsp3) is 0.583. The third-order valence-corrected chi connectivity index (χ3v) is 3.23. The zero-order valence-corrected chi connectivity index (χ0v) is 11.2. The van der Waals surface area contributed by atoms with Gasteiger partial charge in [0.25, 0.3) is 5.78 Å². The number of nitrogens with one attached hydrogen (secondary N) is 1. The molecule has 3 heterocycles. The summed E-state index contributed by atoms with van der Waals surface area (Å²) in [5.74, 6) is 1.51. The number of likely N-dealkylation sites (N-methyl/N-ethyl adjacent to an activating group) is 1. The lowest BCUT2D eigenvalue weighted by Gasteiger charge is -2.30. The zero-order valence-electron chi connectivity index (χ0n) is 11.2. The molecule has 0 aliphatic carbocycles. The fourth-order valence-corrected chi connectivity index (χ4v) is 2.27. The van der Waals surface area contributed by atoms with Crippen LogP contribution in [-0.2, 0) is 4.74 Å². The van der Waals surface area contributed by atoms with Crippen molar-refractivity contribution in [3.05, 3.63) is 18.1 Å². The van der Waals surface area contributed by atoms with Crippen LogP contribution in [0.4, 0.5) is 5.82 Å². The average molecular weight is 262 g/mol. The number of hydrogen-bond acceptors (Lipinski definition) is 6. The van der Waals surface area contributed by atoms with Gasteiger partial charge in [-0.3, -0.25) is 0 Å². The Hall–Kier alpha value is -1.73. The van der Waals surface area contributed by atoms with Crippen molar-refractivity contribution in [1.82, 2.24) is 24.5 Å². The Bertz CT molecular complexity index is 568. The lowest BCUT2D eigenvalue weighted by atomic mass is 10.3. The number of anilines is 1. The van der Waals surface area contributed by atoms with Gasteiger partial charge >= 0.3 is 0 Å². The molecule has 1 aliphatic rings. The van der Waals surface area contributed by atoms with Crippen LogP contribution in [0.2, 0.25) is 0 Å². The van der Waals surface area contributed by atoms with Crippen molar-refractivity contribution >= 4 is 11.6 Å². The van der Waals surface area contributed by atoms with Crippen LogP contribution in [0.15, 0.2) is 12.4 Å². The van der Waals surface area contributed by atoms with Crippen molar-refractivity contribution in [3.63, 3.8) is 0 Å². The maximum Gasteiger partial charge on any atom is 0.254 e. The first kappa shape index (κ1) is 12.3. The summed E-state index contributed by atoms with van der Waals surface area (Å²) in [4.78, 5) is 10.7. The molecule has 2 aromatic heterocycles. The lowest BCUT2D eigenvalue weighted by Crippen LogP contribution is -2.43. The molecule has 102 valence electrons. The normalized spacial score (nSPS) is 20.8. The third-order valence-electron chi connectivity index (χ3n) is 3.23. The summed E-state index contributed by atoms with van der Waals surface area (Å²) in [6.45, 7) is 5.43. The highest BCUT2D eigenvalue weighted by Gasteiger charge is 2.17. The van der Waals surface area contributed by atoms with Gasteiger partial charge in [-0.15, -0.1) is 0 Å². The second-order valence-corrected chi connectivity index (χ2v) is 4.89. The quantitative estimate of drug-likeness (QED) is 0.851. The van der Waals surface area contributed by atoms with E-state index >= 15 is 0 Å². The summed E-state index contributed by atoms with van der Waals surface area (Å²) in [5.41, 5.74) is 0.921. The summed E-state index contributed by atoms with van der Waals surface area (Å²) in [6, 6.07) is 1.97. The molecule has 7 nitrogen and oxygen atoms in total. The lowest BCUT2D eigenvalue weighted by molar-refractivity contribution is -0.0117. The van der Waals surface area contributed by atoms with Gasteiger partial charge in [0.05, 0.1) is 12.7 Å². The van der Waals surface area contributed by atoms with Crippen LogP contribution in [0, 0.1) is 6.92 Å². The summed E-state index contributed by atoms with van der Waals surface area (Å²) in [7, 11) is 2.11. The molecule has 3 rings (SSSR count). The molecule has 1 N–H and O–H groups in total. The van der Waals surface area contributed by atoms with Gasteiger partial charge < -0.3 is 15.0 Å². The largest absolute Gasteiger partial charge is 0.374 e. The number of ether oxygens (including phenoxy) is 1. The van der Waals surface area contributed by atoms with E-state index in [0.29, 0.717) is 5.78 Å². The van der Waals surface area contributed by atoms with E-state index in [1.54, 1.807) is 4.52 Å². The van der Waals surface area contributed by atoms with Crippen molar-refractivity contribution in [1.29, 1.82) is 0 Å². The minimum Gasteiger partial charge on any atom is -0.374 e. The minimum atomic E-state index is 0.200. The van der Waals surface area contributed by atoms with Gasteiger partial charge in [-0.2, -0.15) is 14.6 Å². The SMILES string of the molecule is Cc1cc(NC[C@H]2CN(C)CCO2)n2ncnc2n1. The van der Waals surface area contributed by atoms with Gasteiger partial charge in [-0.05, 0) is 14.0 Å². The number of aromatic nitrogens is 4. The predicted octanol–water partition coefficient (Wildman–Crippen LogP) is 0.175. The standard InChI is InChI=1S/C12H18N6O/c1-9-5-11(18-12(16-9)14-8-15-18)13-6-10-7-17(2)3-4-19-10/h5,8,10,13H,3-4,6-7H2,1-2H3/t10-/m0/s1. The Morgan fingerprint density at radius 2 is 2.42 bits per heavy atom. The van der Waals surface area contributed by atoms with E-state index in [4.69, 9.17) is 4.74 Å². The highest BCUT2D eigenvalue weighted by Crippen LogP contribution is 2.11. The molecule has 0 aromatic carbocycles. The van der Waals surface area contributed by atoms with E-state index in [1.807, 2.05) is 13.0 Å². The van der Waals surface area contributed by atoms with Crippen LogP contribution in [0.1, 0.15) is 5.69 Å². The van der Waals surface area contributed by atoms with E-state index in [-0.39, 0.29) is 6.10 Å². The van der Waals surface area contributed by atoms with Crippen LogP contribution in [-0.4, -0.2) is 63.9 Å². The first-order valence-corrected chi connectivity index (χ1v) is 6.44. The van der Waals surface area contributed by atoms with Crippen molar-refractivity contribution in [2.45, 2.75) is 13.0 Å².